The summed E-state index contributed by atoms with van der Waals surface area (Å²) in [4.78, 5) is 27.4. The molecule has 0 atom stereocenters. The molecule has 1 aliphatic heterocycles. The summed E-state index contributed by atoms with van der Waals surface area (Å²) in [5.74, 6) is -0.227. The number of rotatable bonds is 4. The highest BCUT2D eigenvalue weighted by Crippen LogP contribution is 2.24. The van der Waals surface area contributed by atoms with E-state index in [2.05, 4.69) is 9.64 Å². The second-order valence-corrected chi connectivity index (χ2v) is 5.43. The van der Waals surface area contributed by atoms with Crippen LogP contribution in [0.1, 0.15) is 38.5 Å². The number of amides is 1. The number of methoxy groups -OCH3 is 1. The van der Waals surface area contributed by atoms with E-state index in [-0.39, 0.29) is 24.7 Å². The van der Waals surface area contributed by atoms with Crippen molar-refractivity contribution < 1.29 is 14.3 Å². The quantitative estimate of drug-likeness (QED) is 0.715. The van der Waals surface area contributed by atoms with Gasteiger partial charge >= 0.3 is 5.97 Å². The molecule has 0 radical (unpaired) electrons. The lowest BCUT2D eigenvalue weighted by atomic mass is 10.1. The molecule has 0 unspecified atom stereocenters. The van der Waals surface area contributed by atoms with Crippen molar-refractivity contribution >= 4 is 11.9 Å². The molecular formula is C14H24N2O3. The van der Waals surface area contributed by atoms with E-state index in [1.165, 1.54) is 32.8 Å². The SMILES string of the molecule is COC(=O)CCC(=O)N1CCN(C2CCCC2)CC1. The Bertz CT molecular complexity index is 319. The fourth-order valence-corrected chi connectivity index (χ4v) is 3.08. The van der Waals surface area contributed by atoms with Crippen LogP contribution in [0.5, 0.6) is 0 Å². The van der Waals surface area contributed by atoms with E-state index >= 15 is 0 Å². The summed E-state index contributed by atoms with van der Waals surface area (Å²) in [5.41, 5.74) is 0. The number of nitrogens with zero attached hydrogens (tertiary/aromatic N) is 2. The molecule has 1 amide bonds. The van der Waals surface area contributed by atoms with Gasteiger partial charge in [0, 0.05) is 38.6 Å². The summed E-state index contributed by atoms with van der Waals surface area (Å²) in [5, 5.41) is 0. The monoisotopic (exact) mass is 268 g/mol. The predicted molar refractivity (Wildman–Crippen MR) is 71.7 cm³/mol. The fourth-order valence-electron chi connectivity index (χ4n) is 3.08. The molecule has 108 valence electrons. The Morgan fingerprint density at radius 3 is 2.26 bits per heavy atom. The van der Waals surface area contributed by atoms with Crippen molar-refractivity contribution in [1.82, 2.24) is 9.80 Å². The van der Waals surface area contributed by atoms with Crippen molar-refractivity contribution in [2.24, 2.45) is 0 Å². The molecule has 2 fully saturated rings. The topological polar surface area (TPSA) is 49.9 Å². The smallest absolute Gasteiger partial charge is 0.306 e. The van der Waals surface area contributed by atoms with Gasteiger partial charge in [-0.1, -0.05) is 12.8 Å². The Labute approximate surface area is 114 Å². The lowest BCUT2D eigenvalue weighted by Gasteiger charge is -2.38. The van der Waals surface area contributed by atoms with Crippen molar-refractivity contribution in [2.45, 2.75) is 44.6 Å². The normalized spacial score (nSPS) is 21.6. The third-order valence-electron chi connectivity index (χ3n) is 4.28. The van der Waals surface area contributed by atoms with Crippen molar-refractivity contribution in [3.05, 3.63) is 0 Å². The summed E-state index contributed by atoms with van der Waals surface area (Å²) in [6.07, 6.45) is 5.80. The average Bonchev–Trinajstić information content (AvgIpc) is 2.98. The maximum atomic E-state index is 11.9. The molecule has 0 aromatic heterocycles. The third-order valence-corrected chi connectivity index (χ3v) is 4.28. The molecule has 1 saturated carbocycles. The Balaban J connectivity index is 1.70. The first-order valence-corrected chi connectivity index (χ1v) is 7.29. The number of hydrogen-bond donors (Lipinski definition) is 0. The average molecular weight is 268 g/mol. The zero-order valence-electron chi connectivity index (χ0n) is 11.8. The molecule has 19 heavy (non-hydrogen) atoms. The van der Waals surface area contributed by atoms with Gasteiger partial charge in [-0.05, 0) is 12.8 Å². The van der Waals surface area contributed by atoms with Gasteiger partial charge in [0.05, 0.1) is 13.5 Å². The molecule has 1 saturated heterocycles. The number of esters is 1. The number of carbonyl (C=O) groups excluding carboxylic acids is 2. The molecule has 0 aromatic rings. The molecule has 0 N–H and O–H groups in total. The van der Waals surface area contributed by atoms with Gasteiger partial charge in [0.25, 0.3) is 0 Å². The minimum Gasteiger partial charge on any atom is -0.469 e. The molecule has 2 rings (SSSR count). The largest absolute Gasteiger partial charge is 0.469 e. The van der Waals surface area contributed by atoms with Crippen LogP contribution in [0, 0.1) is 0 Å². The van der Waals surface area contributed by atoms with Crippen LogP contribution in [-0.4, -0.2) is 61.0 Å². The van der Waals surface area contributed by atoms with Crippen LogP contribution in [0.4, 0.5) is 0 Å². The van der Waals surface area contributed by atoms with Crippen molar-refractivity contribution in [1.29, 1.82) is 0 Å². The van der Waals surface area contributed by atoms with Crippen LogP contribution < -0.4 is 0 Å². The highest BCUT2D eigenvalue weighted by atomic mass is 16.5. The van der Waals surface area contributed by atoms with Crippen molar-refractivity contribution in [2.75, 3.05) is 33.3 Å². The molecule has 0 spiro atoms. The summed E-state index contributed by atoms with van der Waals surface area (Å²) >= 11 is 0. The summed E-state index contributed by atoms with van der Waals surface area (Å²) < 4.78 is 4.55. The van der Waals surface area contributed by atoms with Gasteiger partial charge in [0.2, 0.25) is 5.91 Å². The van der Waals surface area contributed by atoms with Gasteiger partial charge in [-0.15, -0.1) is 0 Å². The highest BCUT2D eigenvalue weighted by molar-refractivity contribution is 5.81. The van der Waals surface area contributed by atoms with E-state index in [9.17, 15) is 9.59 Å². The van der Waals surface area contributed by atoms with Crippen LogP contribution in [0.2, 0.25) is 0 Å². The van der Waals surface area contributed by atoms with Gasteiger partial charge in [-0.2, -0.15) is 0 Å². The highest BCUT2D eigenvalue weighted by Gasteiger charge is 2.27. The number of hydrogen-bond acceptors (Lipinski definition) is 4. The summed E-state index contributed by atoms with van der Waals surface area (Å²) in [6.45, 7) is 3.57. The van der Waals surface area contributed by atoms with Crippen LogP contribution in [-0.2, 0) is 14.3 Å². The zero-order valence-corrected chi connectivity index (χ0v) is 11.8. The Kier molecular flexibility index (Phi) is 5.19. The molecule has 1 aliphatic carbocycles. The van der Waals surface area contributed by atoms with Crippen molar-refractivity contribution in [3.63, 3.8) is 0 Å². The lowest BCUT2D eigenvalue weighted by molar-refractivity contribution is -0.144. The van der Waals surface area contributed by atoms with E-state index in [0.717, 1.165) is 32.2 Å². The van der Waals surface area contributed by atoms with Crippen LogP contribution >= 0.6 is 0 Å². The number of carbonyl (C=O) groups is 2. The maximum absolute atomic E-state index is 11.9. The molecule has 0 aromatic carbocycles. The Morgan fingerprint density at radius 1 is 1.05 bits per heavy atom. The molecule has 5 nitrogen and oxygen atoms in total. The van der Waals surface area contributed by atoms with E-state index in [1.807, 2.05) is 4.90 Å². The van der Waals surface area contributed by atoms with Gasteiger partial charge < -0.3 is 9.64 Å². The fraction of sp³-hybridized carbons (Fsp3) is 0.857. The molecule has 0 bridgehead atoms. The molecule has 2 aliphatic rings. The van der Waals surface area contributed by atoms with E-state index in [0.29, 0.717) is 0 Å². The second kappa shape index (κ2) is 6.89. The summed E-state index contributed by atoms with van der Waals surface area (Å²) in [6, 6.07) is 0.743. The Morgan fingerprint density at radius 2 is 1.68 bits per heavy atom. The van der Waals surface area contributed by atoms with Crippen LogP contribution in [0.25, 0.3) is 0 Å². The first-order valence-electron chi connectivity index (χ1n) is 7.29. The molecule has 5 heteroatoms. The van der Waals surface area contributed by atoms with Gasteiger partial charge in [-0.3, -0.25) is 14.5 Å². The minimum atomic E-state index is -0.307. The van der Waals surface area contributed by atoms with Gasteiger partial charge in [0.15, 0.2) is 0 Å². The van der Waals surface area contributed by atoms with Crippen LogP contribution in [0.15, 0.2) is 0 Å². The number of ether oxygens (including phenoxy) is 1. The molecular weight excluding hydrogens is 244 g/mol. The lowest BCUT2D eigenvalue weighted by Crippen LogP contribution is -2.51. The molecule has 1 heterocycles. The number of piperazine rings is 1. The second-order valence-electron chi connectivity index (χ2n) is 5.43. The third kappa shape index (κ3) is 3.93. The van der Waals surface area contributed by atoms with E-state index in [4.69, 9.17) is 0 Å². The maximum Gasteiger partial charge on any atom is 0.306 e. The van der Waals surface area contributed by atoms with Gasteiger partial charge in [0.1, 0.15) is 0 Å². The first kappa shape index (κ1) is 14.3. The van der Waals surface area contributed by atoms with E-state index < -0.39 is 0 Å². The minimum absolute atomic E-state index is 0.0801. The van der Waals surface area contributed by atoms with Crippen LogP contribution in [0.3, 0.4) is 0 Å². The summed E-state index contributed by atoms with van der Waals surface area (Å²) in [7, 11) is 1.35. The first-order chi connectivity index (χ1) is 9.20. The van der Waals surface area contributed by atoms with Crippen molar-refractivity contribution in [3.8, 4) is 0 Å². The van der Waals surface area contributed by atoms with E-state index in [1.54, 1.807) is 0 Å². The zero-order chi connectivity index (χ0) is 13.7. The predicted octanol–water partition coefficient (Wildman–Crippen LogP) is 1.03. The Hall–Kier alpha value is -1.10. The standard InChI is InChI=1S/C14H24N2O3/c1-19-14(18)7-6-13(17)16-10-8-15(9-11-16)12-4-2-3-5-12/h12H,2-11H2,1H3. The van der Waals surface area contributed by atoms with Gasteiger partial charge in [-0.25, -0.2) is 0 Å².